The van der Waals surface area contributed by atoms with Crippen LogP contribution in [0.3, 0.4) is 0 Å². The van der Waals surface area contributed by atoms with Gasteiger partial charge in [0.25, 0.3) is 5.91 Å². The molecule has 0 spiro atoms. The molecule has 1 aliphatic rings. The van der Waals surface area contributed by atoms with Crippen molar-refractivity contribution in [3.8, 4) is 5.75 Å². The Kier molecular flexibility index (Phi) is 8.73. The molecule has 0 radical (unpaired) electrons. The van der Waals surface area contributed by atoms with Crippen molar-refractivity contribution in [1.82, 2.24) is 4.90 Å². The van der Waals surface area contributed by atoms with Gasteiger partial charge in [-0.1, -0.05) is 42.5 Å². The van der Waals surface area contributed by atoms with E-state index >= 15 is 0 Å². The fraction of sp³-hybridized carbons (Fsp3) is 0.286. The summed E-state index contributed by atoms with van der Waals surface area (Å²) in [4.78, 5) is 26.9. The van der Waals surface area contributed by atoms with E-state index in [1.54, 1.807) is 17.0 Å². The predicted octanol–water partition coefficient (Wildman–Crippen LogP) is 4.22. The number of hydrogen-bond donors (Lipinski definition) is 2. The van der Waals surface area contributed by atoms with Crippen LogP contribution >= 0.6 is 0 Å². The Morgan fingerprint density at radius 1 is 0.886 bits per heavy atom. The zero-order valence-corrected chi connectivity index (χ0v) is 19.7. The maximum Gasteiger partial charge on any atom is 0.254 e. The molecule has 35 heavy (non-hydrogen) atoms. The number of ether oxygens (including phenoxy) is 2. The molecule has 0 bridgehead atoms. The van der Waals surface area contributed by atoms with Crippen molar-refractivity contribution in [3.63, 3.8) is 0 Å². The summed E-state index contributed by atoms with van der Waals surface area (Å²) in [6, 6.07) is 24.9. The van der Waals surface area contributed by atoms with Gasteiger partial charge in [-0.05, 0) is 54.8 Å². The average Bonchev–Trinajstić information content (AvgIpc) is 2.92. The summed E-state index contributed by atoms with van der Waals surface area (Å²) in [5.41, 5.74) is 3.32. The predicted molar refractivity (Wildman–Crippen MR) is 137 cm³/mol. The average molecular weight is 474 g/mol. The summed E-state index contributed by atoms with van der Waals surface area (Å²) < 4.78 is 11.2. The van der Waals surface area contributed by atoms with Gasteiger partial charge in [-0.25, -0.2) is 0 Å². The summed E-state index contributed by atoms with van der Waals surface area (Å²) >= 11 is 0. The van der Waals surface area contributed by atoms with Gasteiger partial charge in [0.2, 0.25) is 5.91 Å². The Morgan fingerprint density at radius 2 is 1.60 bits per heavy atom. The first-order valence-corrected chi connectivity index (χ1v) is 12.0. The minimum Gasteiger partial charge on any atom is -0.491 e. The molecule has 0 saturated carbocycles. The highest BCUT2D eigenvalue weighted by atomic mass is 16.5. The molecule has 0 aromatic heterocycles. The molecule has 3 aromatic carbocycles. The van der Waals surface area contributed by atoms with Gasteiger partial charge in [0.15, 0.2) is 0 Å². The summed E-state index contributed by atoms with van der Waals surface area (Å²) in [5.74, 6) is 0.469. The van der Waals surface area contributed by atoms with Crippen molar-refractivity contribution in [2.24, 2.45) is 0 Å². The topological polar surface area (TPSA) is 79.9 Å². The normalized spacial score (nSPS) is 13.2. The number of morpholine rings is 1. The van der Waals surface area contributed by atoms with E-state index in [0.717, 1.165) is 18.5 Å². The quantitative estimate of drug-likeness (QED) is 0.431. The molecule has 0 unspecified atom stereocenters. The molecule has 1 heterocycles. The van der Waals surface area contributed by atoms with E-state index in [4.69, 9.17) is 9.47 Å². The molecule has 1 saturated heterocycles. The van der Waals surface area contributed by atoms with Crippen LogP contribution in [0.25, 0.3) is 0 Å². The van der Waals surface area contributed by atoms with Crippen LogP contribution in [0.5, 0.6) is 5.75 Å². The third kappa shape index (κ3) is 7.32. The number of carbonyl (C=O) groups is 2. The molecule has 3 aromatic rings. The smallest absolute Gasteiger partial charge is 0.254 e. The molecule has 182 valence electrons. The number of anilines is 2. The second-order valence-electron chi connectivity index (χ2n) is 8.32. The molecular formula is C28H31N3O4. The van der Waals surface area contributed by atoms with Crippen LogP contribution in [0, 0.1) is 0 Å². The number of nitrogens with zero attached hydrogens (tertiary/aromatic N) is 1. The van der Waals surface area contributed by atoms with E-state index in [1.807, 2.05) is 54.6 Å². The van der Waals surface area contributed by atoms with Crippen molar-refractivity contribution in [2.75, 3.05) is 50.1 Å². The molecule has 7 heteroatoms. The Hall–Kier alpha value is -3.84. The molecule has 7 nitrogen and oxygen atoms in total. The number of hydrogen-bond acceptors (Lipinski definition) is 5. The number of benzene rings is 3. The highest BCUT2D eigenvalue weighted by Gasteiger charge is 2.18. The molecule has 4 rings (SSSR count). The Balaban J connectivity index is 1.23. The minimum atomic E-state index is -0.182. The van der Waals surface area contributed by atoms with Crippen LogP contribution in [0.15, 0.2) is 78.9 Å². The second kappa shape index (κ2) is 12.6. The van der Waals surface area contributed by atoms with Crippen LogP contribution in [-0.2, 0) is 16.0 Å². The van der Waals surface area contributed by atoms with Gasteiger partial charge in [-0.15, -0.1) is 0 Å². The standard InChI is InChI=1S/C28H31N3O4/c32-27(21-29-24-14-12-23(13-15-24)28(33)31-16-19-34-20-17-31)30-25-10-4-5-11-26(25)35-18-6-9-22-7-2-1-3-8-22/h1-5,7-8,10-15,29H,6,9,16-21H2,(H,30,32). The Bertz CT molecular complexity index is 1100. The van der Waals surface area contributed by atoms with Gasteiger partial charge in [0.1, 0.15) is 5.75 Å². The van der Waals surface area contributed by atoms with Gasteiger partial charge < -0.3 is 25.0 Å². The second-order valence-corrected chi connectivity index (χ2v) is 8.32. The lowest BCUT2D eigenvalue weighted by Crippen LogP contribution is -2.40. The third-order valence-electron chi connectivity index (χ3n) is 5.75. The molecule has 0 atom stereocenters. The fourth-order valence-corrected chi connectivity index (χ4v) is 3.86. The van der Waals surface area contributed by atoms with Crippen molar-refractivity contribution in [3.05, 3.63) is 90.0 Å². The third-order valence-corrected chi connectivity index (χ3v) is 5.75. The highest BCUT2D eigenvalue weighted by Crippen LogP contribution is 2.24. The maximum atomic E-state index is 12.6. The van der Waals surface area contributed by atoms with Crippen LogP contribution in [0.2, 0.25) is 0 Å². The number of nitrogens with one attached hydrogen (secondary N) is 2. The van der Waals surface area contributed by atoms with Crippen molar-refractivity contribution >= 4 is 23.2 Å². The van der Waals surface area contributed by atoms with Crippen LogP contribution in [0.4, 0.5) is 11.4 Å². The first-order chi connectivity index (χ1) is 17.2. The van der Waals surface area contributed by atoms with Gasteiger partial charge in [0.05, 0.1) is 32.1 Å². The number of rotatable bonds is 10. The SMILES string of the molecule is O=C(CNc1ccc(C(=O)N2CCOCC2)cc1)Nc1ccccc1OCCCc1ccccc1. The summed E-state index contributed by atoms with van der Waals surface area (Å²) in [5, 5.41) is 6.02. The summed E-state index contributed by atoms with van der Waals surface area (Å²) in [7, 11) is 0. The van der Waals surface area contributed by atoms with Crippen LogP contribution in [0.1, 0.15) is 22.3 Å². The maximum absolute atomic E-state index is 12.6. The van der Waals surface area contributed by atoms with Crippen molar-refractivity contribution in [2.45, 2.75) is 12.8 Å². The number of carbonyl (C=O) groups excluding carboxylic acids is 2. The van der Waals surface area contributed by atoms with E-state index < -0.39 is 0 Å². The highest BCUT2D eigenvalue weighted by molar-refractivity contribution is 5.96. The molecule has 2 N–H and O–H groups in total. The van der Waals surface area contributed by atoms with Crippen molar-refractivity contribution in [1.29, 1.82) is 0 Å². The number of aryl methyl sites for hydroxylation is 1. The lowest BCUT2D eigenvalue weighted by molar-refractivity contribution is -0.114. The largest absolute Gasteiger partial charge is 0.491 e. The van der Waals surface area contributed by atoms with E-state index in [2.05, 4.69) is 22.8 Å². The van der Waals surface area contributed by atoms with Crippen LogP contribution in [-0.4, -0.2) is 56.2 Å². The van der Waals surface area contributed by atoms with E-state index in [-0.39, 0.29) is 18.4 Å². The summed E-state index contributed by atoms with van der Waals surface area (Å²) in [6.45, 7) is 3.02. The van der Waals surface area contributed by atoms with Crippen LogP contribution < -0.4 is 15.4 Å². The number of para-hydroxylation sites is 2. The molecule has 2 amide bonds. The first-order valence-electron chi connectivity index (χ1n) is 12.0. The lowest BCUT2D eigenvalue weighted by Gasteiger charge is -2.26. The zero-order chi connectivity index (χ0) is 24.3. The van der Waals surface area contributed by atoms with Gasteiger partial charge >= 0.3 is 0 Å². The van der Waals surface area contributed by atoms with Gasteiger partial charge in [-0.2, -0.15) is 0 Å². The Morgan fingerprint density at radius 3 is 2.37 bits per heavy atom. The number of amides is 2. The van der Waals surface area contributed by atoms with Gasteiger partial charge in [0, 0.05) is 24.3 Å². The molecule has 0 aliphatic carbocycles. The lowest BCUT2D eigenvalue weighted by atomic mass is 10.1. The van der Waals surface area contributed by atoms with E-state index in [1.165, 1.54) is 5.56 Å². The molecule has 1 fully saturated rings. The van der Waals surface area contributed by atoms with Crippen molar-refractivity contribution < 1.29 is 19.1 Å². The monoisotopic (exact) mass is 473 g/mol. The Labute approximate surface area is 206 Å². The van der Waals surface area contributed by atoms with Gasteiger partial charge in [-0.3, -0.25) is 9.59 Å². The minimum absolute atomic E-state index is 0.00188. The van der Waals surface area contributed by atoms with E-state index in [0.29, 0.717) is 49.9 Å². The zero-order valence-electron chi connectivity index (χ0n) is 19.7. The van der Waals surface area contributed by atoms with E-state index in [9.17, 15) is 9.59 Å². The summed E-state index contributed by atoms with van der Waals surface area (Å²) in [6.07, 6.45) is 1.83. The molecule has 1 aliphatic heterocycles. The molecular weight excluding hydrogens is 442 g/mol. The fourth-order valence-electron chi connectivity index (χ4n) is 3.86. The first kappa shape index (κ1) is 24.3.